The van der Waals surface area contributed by atoms with Crippen molar-refractivity contribution in [3.63, 3.8) is 0 Å². The molecule has 0 unspecified atom stereocenters. The van der Waals surface area contributed by atoms with E-state index in [0.717, 1.165) is 42.3 Å². The van der Waals surface area contributed by atoms with Crippen LogP contribution in [0.4, 0.5) is 11.8 Å². The number of anilines is 2. The predicted octanol–water partition coefficient (Wildman–Crippen LogP) is 3.49. The van der Waals surface area contributed by atoms with Crippen molar-refractivity contribution in [3.05, 3.63) is 41.9 Å². The molecule has 4 rings (SSSR count). The fourth-order valence-corrected chi connectivity index (χ4v) is 4.09. The molecular formula is C23H28N6O3. The first-order valence-corrected chi connectivity index (χ1v) is 10.9. The van der Waals surface area contributed by atoms with Crippen molar-refractivity contribution in [1.82, 2.24) is 24.4 Å². The number of fused-ring (bicyclic) bond motifs is 1. The molecule has 3 aromatic rings. The number of carbonyl (C=O) groups excluding carboxylic acids is 2. The minimum absolute atomic E-state index is 0.0386. The quantitative estimate of drug-likeness (QED) is 0.566. The largest absolute Gasteiger partial charge is 0.466 e. The Morgan fingerprint density at radius 1 is 1.19 bits per heavy atom. The highest BCUT2D eigenvalue weighted by Crippen LogP contribution is 2.34. The van der Waals surface area contributed by atoms with Gasteiger partial charge in [-0.1, -0.05) is 18.9 Å². The van der Waals surface area contributed by atoms with Crippen molar-refractivity contribution in [3.8, 4) is 0 Å². The van der Waals surface area contributed by atoms with Gasteiger partial charge in [-0.15, -0.1) is 0 Å². The highest BCUT2D eigenvalue weighted by Gasteiger charge is 2.26. The fraction of sp³-hybridized carbons (Fsp3) is 0.435. The normalized spacial score (nSPS) is 14.0. The Morgan fingerprint density at radius 3 is 2.62 bits per heavy atom. The van der Waals surface area contributed by atoms with Crippen LogP contribution in [0.1, 0.15) is 54.7 Å². The molecule has 3 heterocycles. The summed E-state index contributed by atoms with van der Waals surface area (Å²) < 4.78 is 7.04. The molecule has 3 aromatic heterocycles. The molecule has 0 aromatic carbocycles. The molecule has 9 nitrogen and oxygen atoms in total. The maximum absolute atomic E-state index is 12.8. The summed E-state index contributed by atoms with van der Waals surface area (Å²) in [6.07, 6.45) is 7.92. The summed E-state index contributed by atoms with van der Waals surface area (Å²) in [5, 5.41) is 3.96. The van der Waals surface area contributed by atoms with Gasteiger partial charge in [0, 0.05) is 37.9 Å². The van der Waals surface area contributed by atoms with Crippen LogP contribution >= 0.6 is 0 Å². The summed E-state index contributed by atoms with van der Waals surface area (Å²) in [6.45, 7) is 2.14. The number of nitrogens with zero attached hydrogens (tertiary/aromatic N) is 5. The lowest BCUT2D eigenvalue weighted by Gasteiger charge is -2.19. The van der Waals surface area contributed by atoms with Gasteiger partial charge in [0.25, 0.3) is 5.91 Å². The number of aromatic nitrogens is 4. The Morgan fingerprint density at radius 2 is 1.97 bits per heavy atom. The molecule has 1 saturated carbocycles. The number of carbonyl (C=O) groups is 2. The van der Waals surface area contributed by atoms with Gasteiger partial charge in [-0.3, -0.25) is 9.59 Å². The van der Waals surface area contributed by atoms with Gasteiger partial charge in [-0.25, -0.2) is 9.97 Å². The van der Waals surface area contributed by atoms with E-state index in [2.05, 4.69) is 19.9 Å². The standard InChI is InChI=1S/C23H28N6O3/c1-4-32-20(30)11-15-9-10-19(24-13-15)26-23-25-14-16-12-18(22(31)28(2)3)29(21(16)27-23)17-7-5-6-8-17/h9-10,12-14,17H,4-8,11H2,1-3H3,(H,24,25,26,27). The number of hydrogen-bond donors (Lipinski definition) is 1. The Kier molecular flexibility index (Phi) is 6.34. The first kappa shape index (κ1) is 21.7. The Labute approximate surface area is 186 Å². The molecule has 32 heavy (non-hydrogen) atoms. The lowest BCUT2D eigenvalue weighted by molar-refractivity contribution is -0.142. The zero-order valence-electron chi connectivity index (χ0n) is 18.7. The second-order valence-corrected chi connectivity index (χ2v) is 8.17. The van der Waals surface area contributed by atoms with Gasteiger partial charge < -0.3 is 19.5 Å². The molecule has 1 amide bonds. The summed E-state index contributed by atoms with van der Waals surface area (Å²) in [5.41, 5.74) is 2.16. The lowest BCUT2D eigenvalue weighted by atomic mass is 10.2. The molecule has 168 valence electrons. The van der Waals surface area contributed by atoms with E-state index in [1.807, 2.05) is 12.1 Å². The SMILES string of the molecule is CCOC(=O)Cc1ccc(Nc2ncc3cc(C(=O)N(C)C)n(C4CCCC4)c3n2)nc1. The zero-order valence-corrected chi connectivity index (χ0v) is 18.7. The highest BCUT2D eigenvalue weighted by molar-refractivity contribution is 5.97. The van der Waals surface area contributed by atoms with Gasteiger partial charge in [0.15, 0.2) is 0 Å². The van der Waals surface area contributed by atoms with Crippen LogP contribution in [0, 0.1) is 0 Å². The summed E-state index contributed by atoms with van der Waals surface area (Å²) in [5.74, 6) is 0.660. The van der Waals surface area contributed by atoms with Crippen molar-refractivity contribution < 1.29 is 14.3 Å². The van der Waals surface area contributed by atoms with Gasteiger partial charge >= 0.3 is 5.97 Å². The number of nitrogens with one attached hydrogen (secondary N) is 1. The van der Waals surface area contributed by atoms with Crippen LogP contribution in [0.5, 0.6) is 0 Å². The molecule has 0 saturated heterocycles. The van der Waals surface area contributed by atoms with Crippen LogP contribution in [0.15, 0.2) is 30.6 Å². The smallest absolute Gasteiger partial charge is 0.310 e. The second kappa shape index (κ2) is 9.33. The van der Waals surface area contributed by atoms with Crippen LogP contribution in [-0.2, 0) is 16.0 Å². The van der Waals surface area contributed by atoms with E-state index in [9.17, 15) is 9.59 Å². The highest BCUT2D eigenvalue weighted by atomic mass is 16.5. The van der Waals surface area contributed by atoms with Crippen molar-refractivity contribution in [2.75, 3.05) is 26.0 Å². The van der Waals surface area contributed by atoms with Crippen molar-refractivity contribution >= 4 is 34.7 Å². The van der Waals surface area contributed by atoms with Gasteiger partial charge in [0.2, 0.25) is 5.95 Å². The Bertz CT molecular complexity index is 1120. The number of hydrogen-bond acceptors (Lipinski definition) is 7. The van der Waals surface area contributed by atoms with E-state index in [4.69, 9.17) is 9.72 Å². The van der Waals surface area contributed by atoms with E-state index < -0.39 is 0 Å². The van der Waals surface area contributed by atoms with Gasteiger partial charge in [-0.05, 0) is 37.5 Å². The lowest BCUT2D eigenvalue weighted by Crippen LogP contribution is -2.25. The number of ether oxygens (including phenoxy) is 1. The maximum Gasteiger partial charge on any atom is 0.310 e. The molecule has 0 bridgehead atoms. The summed E-state index contributed by atoms with van der Waals surface area (Å²) >= 11 is 0. The van der Waals surface area contributed by atoms with Crippen LogP contribution < -0.4 is 5.32 Å². The number of rotatable bonds is 7. The van der Waals surface area contributed by atoms with Gasteiger partial charge in [0.1, 0.15) is 17.2 Å². The third-order valence-electron chi connectivity index (χ3n) is 5.61. The minimum Gasteiger partial charge on any atom is -0.466 e. The zero-order chi connectivity index (χ0) is 22.7. The summed E-state index contributed by atoms with van der Waals surface area (Å²) in [4.78, 5) is 39.5. The summed E-state index contributed by atoms with van der Waals surface area (Å²) in [6, 6.07) is 5.73. The van der Waals surface area contributed by atoms with Crippen LogP contribution in [0.2, 0.25) is 0 Å². The van der Waals surface area contributed by atoms with Crippen molar-refractivity contribution in [2.24, 2.45) is 0 Å². The Hall–Kier alpha value is -3.49. The van der Waals surface area contributed by atoms with Gasteiger partial charge in [0.05, 0.1) is 13.0 Å². The number of amides is 1. The predicted molar refractivity (Wildman–Crippen MR) is 121 cm³/mol. The van der Waals surface area contributed by atoms with E-state index in [-0.39, 0.29) is 24.3 Å². The average Bonchev–Trinajstić information content (AvgIpc) is 3.42. The average molecular weight is 437 g/mol. The van der Waals surface area contributed by atoms with Gasteiger partial charge in [-0.2, -0.15) is 4.98 Å². The molecule has 1 aliphatic carbocycles. The van der Waals surface area contributed by atoms with Crippen LogP contribution in [0.3, 0.4) is 0 Å². The molecule has 9 heteroatoms. The molecule has 0 atom stereocenters. The fourth-order valence-electron chi connectivity index (χ4n) is 4.09. The molecule has 0 aliphatic heterocycles. The third-order valence-corrected chi connectivity index (χ3v) is 5.61. The second-order valence-electron chi connectivity index (χ2n) is 8.17. The number of esters is 1. The molecule has 0 radical (unpaired) electrons. The van der Waals surface area contributed by atoms with Crippen LogP contribution in [-0.4, -0.2) is 57.0 Å². The van der Waals surface area contributed by atoms with E-state index in [0.29, 0.717) is 24.1 Å². The Balaban J connectivity index is 1.61. The first-order valence-electron chi connectivity index (χ1n) is 10.9. The van der Waals surface area contributed by atoms with Crippen LogP contribution in [0.25, 0.3) is 11.0 Å². The van der Waals surface area contributed by atoms with E-state index in [1.165, 1.54) is 0 Å². The molecular weight excluding hydrogens is 408 g/mol. The molecule has 0 spiro atoms. The molecule has 1 aliphatic rings. The van der Waals surface area contributed by atoms with Crippen molar-refractivity contribution in [2.45, 2.75) is 45.1 Å². The summed E-state index contributed by atoms with van der Waals surface area (Å²) in [7, 11) is 3.52. The molecule has 1 fully saturated rings. The maximum atomic E-state index is 12.8. The molecule has 1 N–H and O–H groups in total. The topological polar surface area (TPSA) is 102 Å². The third kappa shape index (κ3) is 4.56. The first-order chi connectivity index (χ1) is 15.5. The monoisotopic (exact) mass is 436 g/mol. The van der Waals surface area contributed by atoms with Crippen molar-refractivity contribution in [1.29, 1.82) is 0 Å². The van der Waals surface area contributed by atoms with E-state index >= 15 is 0 Å². The van der Waals surface area contributed by atoms with E-state index in [1.54, 1.807) is 44.4 Å². The number of pyridine rings is 1. The minimum atomic E-state index is -0.278.